The highest BCUT2D eigenvalue weighted by Crippen LogP contribution is 2.18. The molecule has 1 aliphatic heterocycles. The zero-order valence-corrected chi connectivity index (χ0v) is 9.45. The molecule has 1 amide bonds. The quantitative estimate of drug-likeness (QED) is 0.726. The Morgan fingerprint density at radius 1 is 1.50 bits per heavy atom. The van der Waals surface area contributed by atoms with E-state index in [0.717, 1.165) is 6.54 Å². The summed E-state index contributed by atoms with van der Waals surface area (Å²) in [6.45, 7) is 8.69. The van der Waals surface area contributed by atoms with Crippen molar-refractivity contribution in [1.82, 2.24) is 10.0 Å². The third kappa shape index (κ3) is 2.69. The number of carbonyl (C=O) groups is 1. The van der Waals surface area contributed by atoms with E-state index in [2.05, 4.69) is 13.8 Å². The number of hydrazine groups is 1. The van der Waals surface area contributed by atoms with E-state index in [1.165, 1.54) is 0 Å². The van der Waals surface area contributed by atoms with Gasteiger partial charge in [-0.15, -0.1) is 0 Å². The largest absolute Gasteiger partial charge is 0.389 e. The van der Waals surface area contributed by atoms with E-state index >= 15 is 0 Å². The van der Waals surface area contributed by atoms with Crippen LogP contribution in [0.15, 0.2) is 0 Å². The van der Waals surface area contributed by atoms with Crippen molar-refractivity contribution < 1.29 is 9.90 Å². The summed E-state index contributed by atoms with van der Waals surface area (Å²) in [4.78, 5) is 11.5. The second-order valence-corrected chi connectivity index (χ2v) is 4.77. The van der Waals surface area contributed by atoms with Crippen LogP contribution >= 0.6 is 0 Å². The van der Waals surface area contributed by atoms with Crippen LogP contribution in [-0.4, -0.2) is 45.8 Å². The molecule has 4 nitrogen and oxygen atoms in total. The van der Waals surface area contributed by atoms with E-state index in [4.69, 9.17) is 0 Å². The fourth-order valence-corrected chi connectivity index (χ4v) is 1.69. The van der Waals surface area contributed by atoms with Gasteiger partial charge in [0.1, 0.15) is 0 Å². The fraction of sp³-hybridized carbons (Fsp3) is 0.900. The van der Waals surface area contributed by atoms with Gasteiger partial charge in [-0.1, -0.05) is 0 Å². The first-order chi connectivity index (χ1) is 6.31. The first-order valence-electron chi connectivity index (χ1n) is 5.10. The lowest BCUT2D eigenvalue weighted by Gasteiger charge is -2.34. The van der Waals surface area contributed by atoms with Gasteiger partial charge in [0.05, 0.1) is 12.1 Å². The van der Waals surface area contributed by atoms with Gasteiger partial charge in [-0.2, -0.15) is 0 Å². The van der Waals surface area contributed by atoms with Gasteiger partial charge in [0.25, 0.3) is 0 Å². The highest BCUT2D eigenvalue weighted by atomic mass is 16.3. The molecule has 0 atom stereocenters. The molecule has 1 N–H and O–H groups in total. The summed E-state index contributed by atoms with van der Waals surface area (Å²) in [5.74, 6) is 0.112. The topological polar surface area (TPSA) is 43.8 Å². The Morgan fingerprint density at radius 2 is 2.07 bits per heavy atom. The molecule has 0 spiro atoms. The molecule has 0 bridgehead atoms. The first-order valence-corrected chi connectivity index (χ1v) is 5.10. The molecule has 14 heavy (non-hydrogen) atoms. The number of carbonyl (C=O) groups excluding carboxylic acids is 1. The molecule has 1 heterocycles. The molecule has 0 saturated carbocycles. The lowest BCUT2D eigenvalue weighted by atomic mass is 10.1. The van der Waals surface area contributed by atoms with E-state index in [9.17, 15) is 9.90 Å². The van der Waals surface area contributed by atoms with Crippen LogP contribution in [0, 0.1) is 0 Å². The van der Waals surface area contributed by atoms with Crippen LogP contribution in [0.4, 0.5) is 0 Å². The molecule has 0 radical (unpaired) electrons. The van der Waals surface area contributed by atoms with Gasteiger partial charge >= 0.3 is 0 Å². The molecular formula is C10H20N2O2. The van der Waals surface area contributed by atoms with Crippen molar-refractivity contribution in [3.05, 3.63) is 0 Å². The Hall–Kier alpha value is -0.610. The number of β-amino-alcohol motifs (C(OH)–C–C–N with tert-alkyl or cyclic N) is 1. The standard InChI is InChI=1S/C10H20N2O2/c1-8(2)11-6-5-9(13)12(11)7-10(3,4)14/h8,14H,5-7H2,1-4H3. The van der Waals surface area contributed by atoms with Crippen LogP contribution in [0.2, 0.25) is 0 Å². The second-order valence-electron chi connectivity index (χ2n) is 4.77. The highest BCUT2D eigenvalue weighted by molar-refractivity contribution is 5.77. The minimum atomic E-state index is -0.826. The van der Waals surface area contributed by atoms with E-state index in [-0.39, 0.29) is 5.91 Å². The number of nitrogens with zero attached hydrogens (tertiary/aromatic N) is 2. The molecular weight excluding hydrogens is 180 g/mol. The molecule has 4 heteroatoms. The summed E-state index contributed by atoms with van der Waals surface area (Å²) in [7, 11) is 0. The lowest BCUT2D eigenvalue weighted by Crippen LogP contribution is -2.49. The molecule has 0 aliphatic carbocycles. The van der Waals surface area contributed by atoms with E-state index in [0.29, 0.717) is 19.0 Å². The van der Waals surface area contributed by atoms with Crippen LogP contribution in [-0.2, 0) is 4.79 Å². The first kappa shape index (κ1) is 11.5. The monoisotopic (exact) mass is 200 g/mol. The van der Waals surface area contributed by atoms with Crippen molar-refractivity contribution in [3.63, 3.8) is 0 Å². The zero-order chi connectivity index (χ0) is 10.9. The summed E-state index contributed by atoms with van der Waals surface area (Å²) in [6.07, 6.45) is 0.564. The molecule has 0 aromatic rings. The number of aliphatic hydroxyl groups is 1. The maximum Gasteiger partial charge on any atom is 0.238 e. The van der Waals surface area contributed by atoms with Crippen LogP contribution in [0.3, 0.4) is 0 Å². The van der Waals surface area contributed by atoms with Gasteiger partial charge in [0.15, 0.2) is 0 Å². The summed E-state index contributed by atoms with van der Waals surface area (Å²) >= 11 is 0. The van der Waals surface area contributed by atoms with Crippen molar-refractivity contribution in [1.29, 1.82) is 0 Å². The Balaban J connectivity index is 2.68. The summed E-state index contributed by atoms with van der Waals surface area (Å²) in [6, 6.07) is 0.309. The summed E-state index contributed by atoms with van der Waals surface area (Å²) in [5, 5.41) is 13.4. The summed E-state index contributed by atoms with van der Waals surface area (Å²) < 4.78 is 0. The van der Waals surface area contributed by atoms with Crippen LogP contribution in [0.1, 0.15) is 34.1 Å². The SMILES string of the molecule is CC(C)N1CCC(=O)N1CC(C)(C)O. The molecule has 1 rings (SSSR count). The van der Waals surface area contributed by atoms with Crippen molar-refractivity contribution in [2.24, 2.45) is 0 Å². The molecule has 1 saturated heterocycles. The van der Waals surface area contributed by atoms with E-state index in [1.54, 1.807) is 18.9 Å². The summed E-state index contributed by atoms with van der Waals surface area (Å²) in [5.41, 5.74) is -0.826. The number of rotatable bonds is 3. The molecule has 1 fully saturated rings. The van der Waals surface area contributed by atoms with Gasteiger partial charge in [-0.3, -0.25) is 9.80 Å². The molecule has 0 unspecified atom stereocenters. The predicted octanol–water partition coefficient (Wildman–Crippen LogP) is 0.615. The fourth-order valence-electron chi connectivity index (χ4n) is 1.69. The minimum absolute atomic E-state index is 0.112. The minimum Gasteiger partial charge on any atom is -0.389 e. The smallest absolute Gasteiger partial charge is 0.238 e. The van der Waals surface area contributed by atoms with Crippen molar-refractivity contribution in [2.45, 2.75) is 45.8 Å². The predicted molar refractivity (Wildman–Crippen MR) is 54.5 cm³/mol. The Bertz CT molecular complexity index is 221. The molecule has 0 aromatic heterocycles. The number of amides is 1. The maximum absolute atomic E-state index is 11.5. The van der Waals surface area contributed by atoms with Crippen LogP contribution in [0.5, 0.6) is 0 Å². The Morgan fingerprint density at radius 3 is 2.50 bits per heavy atom. The van der Waals surface area contributed by atoms with Crippen LogP contribution < -0.4 is 0 Å². The number of hydrogen-bond acceptors (Lipinski definition) is 3. The second kappa shape index (κ2) is 3.87. The van der Waals surface area contributed by atoms with E-state index in [1.807, 2.05) is 5.01 Å². The molecule has 0 aromatic carbocycles. The van der Waals surface area contributed by atoms with Crippen molar-refractivity contribution in [2.75, 3.05) is 13.1 Å². The van der Waals surface area contributed by atoms with Crippen molar-refractivity contribution in [3.8, 4) is 0 Å². The van der Waals surface area contributed by atoms with E-state index < -0.39 is 5.60 Å². The van der Waals surface area contributed by atoms with Crippen LogP contribution in [0.25, 0.3) is 0 Å². The average molecular weight is 200 g/mol. The van der Waals surface area contributed by atoms with Gasteiger partial charge in [0, 0.05) is 19.0 Å². The average Bonchev–Trinajstić information content (AvgIpc) is 2.29. The van der Waals surface area contributed by atoms with Gasteiger partial charge < -0.3 is 5.11 Å². The van der Waals surface area contributed by atoms with Crippen molar-refractivity contribution >= 4 is 5.91 Å². The zero-order valence-electron chi connectivity index (χ0n) is 9.45. The third-order valence-electron chi connectivity index (χ3n) is 2.29. The van der Waals surface area contributed by atoms with Gasteiger partial charge in [-0.05, 0) is 27.7 Å². The lowest BCUT2D eigenvalue weighted by molar-refractivity contribution is -0.146. The Labute approximate surface area is 85.5 Å². The normalized spacial score (nSPS) is 19.9. The number of hydrogen-bond donors (Lipinski definition) is 1. The maximum atomic E-state index is 11.5. The Kier molecular flexibility index (Phi) is 3.17. The highest BCUT2D eigenvalue weighted by Gasteiger charge is 2.33. The van der Waals surface area contributed by atoms with Gasteiger partial charge in [-0.25, -0.2) is 5.01 Å². The molecule has 82 valence electrons. The molecule has 1 aliphatic rings. The van der Waals surface area contributed by atoms with Gasteiger partial charge in [0.2, 0.25) is 5.91 Å². The third-order valence-corrected chi connectivity index (χ3v) is 2.29.